The van der Waals surface area contributed by atoms with Crippen LogP contribution >= 0.6 is 11.3 Å². The Morgan fingerprint density at radius 3 is 2.56 bits per heavy atom. The van der Waals surface area contributed by atoms with E-state index in [9.17, 15) is 13.2 Å². The van der Waals surface area contributed by atoms with E-state index in [1.807, 2.05) is 30.3 Å². The fraction of sp³-hybridized carbons (Fsp3) is 0.125. The lowest BCUT2D eigenvalue weighted by molar-refractivity contribution is -0.140. The maximum atomic E-state index is 13.1. The van der Waals surface area contributed by atoms with Gasteiger partial charge in [0.25, 0.3) is 0 Å². The molecule has 1 aromatic heterocycles. The number of rotatable bonds is 8. The lowest BCUT2D eigenvalue weighted by Crippen LogP contribution is -2.30. The van der Waals surface area contributed by atoms with Gasteiger partial charge in [-0.25, -0.2) is 22.9 Å². The van der Waals surface area contributed by atoms with Gasteiger partial charge in [-0.05, 0) is 42.3 Å². The highest BCUT2D eigenvalue weighted by Crippen LogP contribution is 2.30. The number of fused-ring (bicyclic) bond motifs is 1. The summed E-state index contributed by atoms with van der Waals surface area (Å²) in [5, 5.41) is 4.27. The van der Waals surface area contributed by atoms with E-state index >= 15 is 0 Å². The van der Waals surface area contributed by atoms with Gasteiger partial charge in [-0.2, -0.15) is 0 Å². The Labute approximate surface area is 201 Å². The van der Waals surface area contributed by atoms with Gasteiger partial charge in [-0.3, -0.25) is 0 Å². The Kier molecular flexibility index (Phi) is 7.01. The maximum absolute atomic E-state index is 13.1. The summed E-state index contributed by atoms with van der Waals surface area (Å²) in [5.74, 6) is -0.538. The van der Waals surface area contributed by atoms with Crippen LogP contribution in [0.4, 0.5) is 0 Å². The van der Waals surface area contributed by atoms with E-state index in [-0.39, 0.29) is 10.7 Å². The number of nitrogens with two attached hydrogens (primary N) is 1. The van der Waals surface area contributed by atoms with Crippen molar-refractivity contribution in [3.05, 3.63) is 95.0 Å². The number of para-hydroxylation sites is 1. The molecule has 1 heterocycles. The summed E-state index contributed by atoms with van der Waals surface area (Å²) in [6.45, 7) is 1.23. The van der Waals surface area contributed by atoms with Crippen molar-refractivity contribution < 1.29 is 18.0 Å². The van der Waals surface area contributed by atoms with Gasteiger partial charge in [0.15, 0.2) is 5.84 Å². The van der Waals surface area contributed by atoms with Gasteiger partial charge in [0.05, 0.1) is 21.2 Å². The maximum Gasteiger partial charge on any atom is 0.332 e. The highest BCUT2D eigenvalue weighted by molar-refractivity contribution is 7.89. The monoisotopic (exact) mass is 494 g/mol. The zero-order valence-electron chi connectivity index (χ0n) is 18.2. The molecule has 3 aromatic carbocycles. The predicted molar refractivity (Wildman–Crippen MR) is 132 cm³/mol. The van der Waals surface area contributed by atoms with Crippen LogP contribution in [0.25, 0.3) is 10.2 Å². The van der Waals surface area contributed by atoms with Gasteiger partial charge >= 0.3 is 5.97 Å². The van der Waals surface area contributed by atoms with Gasteiger partial charge < -0.3 is 10.6 Å². The zero-order chi connectivity index (χ0) is 24.1. The van der Waals surface area contributed by atoms with Crippen LogP contribution in [0.1, 0.15) is 29.1 Å². The molecule has 0 radical (unpaired) electrons. The number of hydrogen-bond donors (Lipinski definition) is 2. The molecule has 4 rings (SSSR count). The van der Waals surface area contributed by atoms with Crippen molar-refractivity contribution in [3.63, 3.8) is 0 Å². The standard InChI is InChI=1S/C24H22N4O4S2/c1-16(29)32-27-23(25)18-9-7-8-17(14-18)15-21(24-26-20-12-5-6-13-22(20)33-24)28-34(30,31)19-10-3-2-4-11-19/h2-14,21,28H,15H2,1H3,(H2,25,27)/t21-/m1/s1. The molecular formula is C24H22N4O4S2. The summed E-state index contributed by atoms with van der Waals surface area (Å²) < 4.78 is 30.0. The summed E-state index contributed by atoms with van der Waals surface area (Å²) in [5.41, 5.74) is 8.09. The van der Waals surface area contributed by atoms with Crippen LogP contribution < -0.4 is 10.5 Å². The second-order valence-corrected chi connectivity index (χ2v) is 10.2. The number of carbonyl (C=O) groups excluding carboxylic acids is 1. The van der Waals surface area contributed by atoms with Gasteiger partial charge in [-0.1, -0.05) is 53.7 Å². The Morgan fingerprint density at radius 2 is 1.82 bits per heavy atom. The van der Waals surface area contributed by atoms with E-state index in [2.05, 4.69) is 19.7 Å². The number of hydrogen-bond acceptors (Lipinski definition) is 7. The molecule has 0 aliphatic rings. The molecule has 10 heteroatoms. The quantitative estimate of drug-likeness (QED) is 0.166. The fourth-order valence-electron chi connectivity index (χ4n) is 3.33. The number of thiazole rings is 1. The lowest BCUT2D eigenvalue weighted by Gasteiger charge is -2.17. The molecule has 0 saturated heterocycles. The number of amidine groups is 1. The number of oxime groups is 1. The van der Waals surface area contributed by atoms with E-state index in [0.717, 1.165) is 15.8 Å². The predicted octanol–water partition coefficient (Wildman–Crippen LogP) is 3.74. The first-order valence-electron chi connectivity index (χ1n) is 10.3. The first-order valence-corrected chi connectivity index (χ1v) is 12.6. The molecule has 0 unspecified atom stereocenters. The van der Waals surface area contributed by atoms with Crippen LogP contribution in [0.15, 0.2) is 88.9 Å². The Bertz CT molecular complexity index is 1420. The Balaban J connectivity index is 1.68. The van der Waals surface area contributed by atoms with E-state index < -0.39 is 22.0 Å². The summed E-state index contributed by atoms with van der Waals surface area (Å²) in [4.78, 5) is 20.5. The normalized spacial score (nSPS) is 13.0. The first kappa shape index (κ1) is 23.6. The van der Waals surface area contributed by atoms with Crippen molar-refractivity contribution in [1.29, 1.82) is 0 Å². The van der Waals surface area contributed by atoms with Gasteiger partial charge in [0, 0.05) is 12.5 Å². The van der Waals surface area contributed by atoms with Crippen LogP contribution in [0.5, 0.6) is 0 Å². The van der Waals surface area contributed by atoms with Crippen molar-refractivity contribution >= 4 is 43.4 Å². The van der Waals surface area contributed by atoms with Crippen LogP contribution in [0.3, 0.4) is 0 Å². The molecule has 0 aliphatic heterocycles. The van der Waals surface area contributed by atoms with E-state index in [1.165, 1.54) is 18.3 Å². The minimum Gasteiger partial charge on any atom is -0.380 e. The van der Waals surface area contributed by atoms with Crippen molar-refractivity contribution in [2.45, 2.75) is 24.3 Å². The number of sulfonamides is 1. The SMILES string of the molecule is CC(=O)O/N=C(/N)c1cccc(C[C@@H](NS(=O)(=O)c2ccccc2)c2nc3ccccc3s2)c1. The third-order valence-electron chi connectivity index (χ3n) is 4.89. The van der Waals surface area contributed by atoms with Gasteiger partial charge in [0.2, 0.25) is 10.0 Å². The molecule has 4 aromatic rings. The molecule has 0 bridgehead atoms. The third-order valence-corrected chi connectivity index (χ3v) is 7.53. The smallest absolute Gasteiger partial charge is 0.332 e. The molecule has 3 N–H and O–H groups in total. The minimum atomic E-state index is -3.80. The van der Waals surface area contributed by atoms with Crippen molar-refractivity contribution in [3.8, 4) is 0 Å². The van der Waals surface area contributed by atoms with Crippen LogP contribution in [-0.2, 0) is 26.1 Å². The molecule has 0 amide bonds. The van der Waals surface area contributed by atoms with Crippen LogP contribution in [-0.4, -0.2) is 25.2 Å². The molecule has 0 spiro atoms. The van der Waals surface area contributed by atoms with Gasteiger partial charge in [0.1, 0.15) is 5.01 Å². The zero-order valence-corrected chi connectivity index (χ0v) is 19.8. The summed E-state index contributed by atoms with van der Waals surface area (Å²) >= 11 is 1.44. The molecule has 34 heavy (non-hydrogen) atoms. The topological polar surface area (TPSA) is 124 Å². The molecule has 174 valence electrons. The molecule has 0 aliphatic carbocycles. The summed E-state index contributed by atoms with van der Waals surface area (Å²) in [6, 6.07) is 22.4. The fourth-order valence-corrected chi connectivity index (χ4v) is 5.65. The van der Waals surface area contributed by atoms with Crippen LogP contribution in [0, 0.1) is 0 Å². The first-order chi connectivity index (χ1) is 16.3. The van der Waals surface area contributed by atoms with Crippen molar-refractivity contribution in [2.24, 2.45) is 10.9 Å². The number of carbonyl (C=O) groups is 1. The minimum absolute atomic E-state index is 0.0402. The number of aromatic nitrogens is 1. The average molecular weight is 495 g/mol. The summed E-state index contributed by atoms with van der Waals surface area (Å²) in [6.07, 6.45) is 0.320. The third kappa shape index (κ3) is 5.66. The van der Waals surface area contributed by atoms with Crippen molar-refractivity contribution in [1.82, 2.24) is 9.71 Å². The molecule has 8 nitrogen and oxygen atoms in total. The molecular weight excluding hydrogens is 472 g/mol. The molecule has 1 atom stereocenters. The van der Waals surface area contributed by atoms with Crippen molar-refractivity contribution in [2.75, 3.05) is 0 Å². The molecule has 0 saturated carbocycles. The second-order valence-electron chi connectivity index (χ2n) is 7.47. The average Bonchev–Trinajstić information content (AvgIpc) is 3.27. The van der Waals surface area contributed by atoms with E-state index in [0.29, 0.717) is 17.0 Å². The highest BCUT2D eigenvalue weighted by Gasteiger charge is 2.24. The van der Waals surface area contributed by atoms with Crippen LogP contribution in [0.2, 0.25) is 0 Å². The molecule has 0 fully saturated rings. The number of nitrogens with one attached hydrogen (secondary N) is 1. The van der Waals surface area contributed by atoms with Gasteiger partial charge in [-0.15, -0.1) is 11.3 Å². The largest absolute Gasteiger partial charge is 0.380 e. The Morgan fingerprint density at radius 1 is 1.09 bits per heavy atom. The van der Waals surface area contributed by atoms with E-state index in [4.69, 9.17) is 5.73 Å². The Hall–Kier alpha value is -3.60. The van der Waals surface area contributed by atoms with E-state index in [1.54, 1.807) is 48.5 Å². The lowest BCUT2D eigenvalue weighted by atomic mass is 10.0. The number of nitrogens with zero attached hydrogens (tertiary/aromatic N) is 2. The summed E-state index contributed by atoms with van der Waals surface area (Å²) in [7, 11) is -3.80. The number of benzene rings is 3. The highest BCUT2D eigenvalue weighted by atomic mass is 32.2. The second kappa shape index (κ2) is 10.1.